The first-order valence-electron chi connectivity index (χ1n) is 10.0. The van der Waals surface area contributed by atoms with Crippen molar-refractivity contribution in [1.29, 1.82) is 0 Å². The number of pyridine rings is 2. The van der Waals surface area contributed by atoms with E-state index in [1.54, 1.807) is 24.0 Å². The zero-order valence-electron chi connectivity index (χ0n) is 17.9. The summed E-state index contributed by atoms with van der Waals surface area (Å²) in [5.74, 6) is 2.93. The van der Waals surface area contributed by atoms with Gasteiger partial charge in [0.05, 0.1) is 18.3 Å². The Bertz CT molecular complexity index is 1400. The topological polar surface area (TPSA) is 90.6 Å². The van der Waals surface area contributed by atoms with Crippen molar-refractivity contribution in [3.63, 3.8) is 0 Å². The van der Waals surface area contributed by atoms with Gasteiger partial charge in [0.2, 0.25) is 0 Å². The molecule has 4 heterocycles. The standard InChI is InChI=1S/C23H21N7O2/c1-29(2)21-8-4-15(13-25-21)18-7-9-22-26-27-23(30(22)28-18)14-32-20-10-11-24-19-12-16(31-3)5-6-17(19)20/h4-13H,14H2,1-3H3. The zero-order valence-corrected chi connectivity index (χ0v) is 17.9. The molecule has 5 rings (SSSR count). The average Bonchev–Trinajstić information content (AvgIpc) is 3.24. The molecular formula is C23H21N7O2. The van der Waals surface area contributed by atoms with E-state index in [0.29, 0.717) is 17.2 Å². The van der Waals surface area contributed by atoms with Gasteiger partial charge in [-0.1, -0.05) is 0 Å². The number of anilines is 1. The third kappa shape index (κ3) is 3.64. The summed E-state index contributed by atoms with van der Waals surface area (Å²) in [6.07, 6.45) is 3.52. The van der Waals surface area contributed by atoms with Gasteiger partial charge in [-0.3, -0.25) is 4.98 Å². The predicted octanol–water partition coefficient (Wildman–Crippen LogP) is 3.39. The van der Waals surface area contributed by atoms with Gasteiger partial charge in [0.15, 0.2) is 11.5 Å². The van der Waals surface area contributed by atoms with Gasteiger partial charge < -0.3 is 14.4 Å². The molecule has 0 unspecified atom stereocenters. The van der Waals surface area contributed by atoms with Gasteiger partial charge in [-0.25, -0.2) is 4.98 Å². The van der Waals surface area contributed by atoms with Crippen LogP contribution >= 0.6 is 0 Å². The number of hydrogen-bond donors (Lipinski definition) is 0. The maximum Gasteiger partial charge on any atom is 0.192 e. The Labute approximate surface area is 184 Å². The largest absolute Gasteiger partial charge is 0.497 e. The van der Waals surface area contributed by atoms with Crippen LogP contribution in [0.1, 0.15) is 5.82 Å². The summed E-state index contributed by atoms with van der Waals surface area (Å²) in [5, 5.41) is 14.1. The second-order valence-electron chi connectivity index (χ2n) is 7.39. The Hall–Kier alpha value is -4.27. The Morgan fingerprint density at radius 3 is 2.66 bits per heavy atom. The molecule has 160 valence electrons. The third-order valence-electron chi connectivity index (χ3n) is 5.10. The quantitative estimate of drug-likeness (QED) is 0.407. The van der Waals surface area contributed by atoms with E-state index in [2.05, 4.69) is 20.2 Å². The van der Waals surface area contributed by atoms with Crippen LogP contribution in [0, 0.1) is 0 Å². The summed E-state index contributed by atoms with van der Waals surface area (Å²) in [5.41, 5.74) is 3.13. The highest BCUT2D eigenvalue weighted by molar-refractivity contribution is 5.85. The second kappa shape index (κ2) is 8.10. The van der Waals surface area contributed by atoms with Crippen LogP contribution in [0.3, 0.4) is 0 Å². The first-order chi connectivity index (χ1) is 15.6. The van der Waals surface area contributed by atoms with E-state index in [0.717, 1.165) is 33.7 Å². The lowest BCUT2D eigenvalue weighted by Crippen LogP contribution is -2.10. The number of methoxy groups -OCH3 is 1. The Morgan fingerprint density at radius 2 is 1.88 bits per heavy atom. The van der Waals surface area contributed by atoms with Gasteiger partial charge in [0, 0.05) is 43.5 Å². The molecule has 4 aromatic heterocycles. The molecule has 0 saturated heterocycles. The lowest BCUT2D eigenvalue weighted by atomic mass is 10.2. The van der Waals surface area contributed by atoms with Crippen molar-refractivity contribution in [3.8, 4) is 22.8 Å². The maximum absolute atomic E-state index is 6.07. The van der Waals surface area contributed by atoms with Crippen LogP contribution in [0.2, 0.25) is 0 Å². The molecule has 0 fully saturated rings. The normalized spacial score (nSPS) is 11.1. The summed E-state index contributed by atoms with van der Waals surface area (Å²) in [7, 11) is 5.54. The van der Waals surface area contributed by atoms with Crippen molar-refractivity contribution in [2.45, 2.75) is 6.61 Å². The van der Waals surface area contributed by atoms with E-state index in [9.17, 15) is 0 Å². The minimum atomic E-state index is 0.209. The number of rotatable bonds is 6. The SMILES string of the molecule is COc1ccc2c(OCc3nnc4ccc(-c5ccc(N(C)C)nc5)nn34)ccnc2c1. The third-order valence-corrected chi connectivity index (χ3v) is 5.10. The number of benzene rings is 1. The lowest BCUT2D eigenvalue weighted by molar-refractivity contribution is 0.296. The molecule has 32 heavy (non-hydrogen) atoms. The maximum atomic E-state index is 6.07. The van der Waals surface area contributed by atoms with Crippen LogP contribution in [-0.2, 0) is 6.61 Å². The minimum Gasteiger partial charge on any atom is -0.497 e. The summed E-state index contributed by atoms with van der Waals surface area (Å²) >= 11 is 0. The van der Waals surface area contributed by atoms with Gasteiger partial charge in [0.25, 0.3) is 0 Å². The van der Waals surface area contributed by atoms with E-state index in [1.165, 1.54) is 0 Å². The monoisotopic (exact) mass is 427 g/mol. The molecule has 0 saturated carbocycles. The molecule has 0 aliphatic heterocycles. The summed E-state index contributed by atoms with van der Waals surface area (Å²) in [6, 6.07) is 15.3. The van der Waals surface area contributed by atoms with Gasteiger partial charge >= 0.3 is 0 Å². The molecule has 5 aromatic rings. The Balaban J connectivity index is 1.43. The van der Waals surface area contributed by atoms with E-state index >= 15 is 0 Å². The summed E-state index contributed by atoms with van der Waals surface area (Å²) < 4.78 is 13.0. The van der Waals surface area contributed by atoms with Crippen LogP contribution in [0.25, 0.3) is 27.8 Å². The average molecular weight is 427 g/mol. The summed E-state index contributed by atoms with van der Waals surface area (Å²) in [4.78, 5) is 10.8. The van der Waals surface area contributed by atoms with E-state index in [4.69, 9.17) is 14.6 Å². The number of ether oxygens (including phenoxy) is 2. The molecule has 0 amide bonds. The fourth-order valence-electron chi connectivity index (χ4n) is 3.38. The highest BCUT2D eigenvalue weighted by Crippen LogP contribution is 2.27. The molecule has 0 atom stereocenters. The molecule has 0 bridgehead atoms. The fourth-order valence-corrected chi connectivity index (χ4v) is 3.38. The molecule has 0 radical (unpaired) electrons. The number of fused-ring (bicyclic) bond motifs is 2. The first-order valence-corrected chi connectivity index (χ1v) is 10.0. The van der Waals surface area contributed by atoms with Gasteiger partial charge in [-0.15, -0.1) is 10.2 Å². The van der Waals surface area contributed by atoms with Crippen molar-refractivity contribution in [2.75, 3.05) is 26.1 Å². The van der Waals surface area contributed by atoms with Crippen molar-refractivity contribution in [3.05, 3.63) is 66.7 Å². The van der Waals surface area contributed by atoms with E-state index in [-0.39, 0.29) is 6.61 Å². The highest BCUT2D eigenvalue weighted by atomic mass is 16.5. The van der Waals surface area contributed by atoms with Crippen LogP contribution in [0.4, 0.5) is 5.82 Å². The molecule has 9 heteroatoms. The molecule has 0 spiro atoms. The fraction of sp³-hybridized carbons (Fsp3) is 0.174. The minimum absolute atomic E-state index is 0.209. The van der Waals surface area contributed by atoms with Crippen LogP contribution in [-0.4, -0.2) is 51.0 Å². The molecule has 1 aromatic carbocycles. The Morgan fingerprint density at radius 1 is 0.969 bits per heavy atom. The molecule has 9 nitrogen and oxygen atoms in total. The number of nitrogens with zero attached hydrogens (tertiary/aromatic N) is 7. The van der Waals surface area contributed by atoms with Gasteiger partial charge in [0.1, 0.15) is 23.9 Å². The molecule has 0 N–H and O–H groups in total. The van der Waals surface area contributed by atoms with Gasteiger partial charge in [-0.05, 0) is 42.5 Å². The van der Waals surface area contributed by atoms with E-state index in [1.807, 2.05) is 67.5 Å². The highest BCUT2D eigenvalue weighted by Gasteiger charge is 2.12. The van der Waals surface area contributed by atoms with Crippen molar-refractivity contribution >= 4 is 22.4 Å². The predicted molar refractivity (Wildman–Crippen MR) is 121 cm³/mol. The molecule has 0 aliphatic rings. The van der Waals surface area contributed by atoms with Crippen molar-refractivity contribution in [1.82, 2.24) is 29.8 Å². The van der Waals surface area contributed by atoms with E-state index < -0.39 is 0 Å². The summed E-state index contributed by atoms with van der Waals surface area (Å²) in [6.45, 7) is 0.209. The number of aromatic nitrogens is 6. The van der Waals surface area contributed by atoms with Crippen LogP contribution < -0.4 is 14.4 Å². The van der Waals surface area contributed by atoms with Crippen molar-refractivity contribution in [2.24, 2.45) is 0 Å². The lowest BCUT2D eigenvalue weighted by Gasteiger charge is -2.11. The van der Waals surface area contributed by atoms with Crippen LogP contribution in [0.15, 0.2) is 60.9 Å². The number of hydrogen-bond acceptors (Lipinski definition) is 8. The van der Waals surface area contributed by atoms with Crippen LogP contribution in [0.5, 0.6) is 11.5 Å². The van der Waals surface area contributed by atoms with Gasteiger partial charge in [-0.2, -0.15) is 9.61 Å². The second-order valence-corrected chi connectivity index (χ2v) is 7.39. The Kier molecular flexibility index (Phi) is 4.98. The van der Waals surface area contributed by atoms with Crippen molar-refractivity contribution < 1.29 is 9.47 Å². The molecule has 0 aliphatic carbocycles. The molecular weight excluding hydrogens is 406 g/mol. The zero-order chi connectivity index (χ0) is 22.1. The first kappa shape index (κ1) is 19.7. The smallest absolute Gasteiger partial charge is 0.192 e.